The van der Waals surface area contributed by atoms with Gasteiger partial charge in [-0.25, -0.2) is 4.52 Å². The summed E-state index contributed by atoms with van der Waals surface area (Å²) in [7, 11) is 0. The van der Waals surface area contributed by atoms with Crippen LogP contribution in [-0.2, 0) is 5.92 Å². The van der Waals surface area contributed by atoms with Crippen LogP contribution in [0.15, 0.2) is 30.5 Å². The lowest BCUT2D eigenvalue weighted by Crippen LogP contribution is -2.35. The Morgan fingerprint density at radius 3 is 2.41 bits per heavy atom. The Labute approximate surface area is 120 Å². The normalized spacial score (nSPS) is 13.0. The van der Waals surface area contributed by atoms with Gasteiger partial charge in [0.25, 0.3) is 5.95 Å². The van der Waals surface area contributed by atoms with E-state index in [1.54, 1.807) is 12.1 Å². The minimum Gasteiger partial charge on any atom is -0.219 e. The third-order valence-corrected chi connectivity index (χ3v) is 2.93. The molecule has 3 aromatic rings. The van der Waals surface area contributed by atoms with Gasteiger partial charge in [0.05, 0.1) is 5.69 Å². The molecule has 0 radical (unpaired) electrons. The maximum atomic E-state index is 13.6. The first-order valence-electron chi connectivity index (χ1n) is 6.03. The molecule has 0 unspecified atom stereocenters. The largest absolute Gasteiger partial charge is 0.459 e. The van der Waals surface area contributed by atoms with E-state index in [0.29, 0.717) is 16.4 Å². The molecule has 0 fully saturated rings. The molecule has 3 rings (SSSR count). The van der Waals surface area contributed by atoms with Crippen molar-refractivity contribution >= 4 is 5.65 Å². The molecule has 10 heteroatoms. The van der Waals surface area contributed by atoms with Crippen molar-refractivity contribution in [3.05, 3.63) is 41.9 Å². The van der Waals surface area contributed by atoms with Crippen LogP contribution in [0.5, 0.6) is 0 Å². The second-order valence-electron chi connectivity index (χ2n) is 4.57. The van der Waals surface area contributed by atoms with Crippen molar-refractivity contribution < 1.29 is 22.0 Å². The molecule has 0 amide bonds. The lowest BCUT2D eigenvalue weighted by molar-refractivity contribution is -0.291. The Bertz CT molecular complexity index is 799. The van der Waals surface area contributed by atoms with E-state index in [1.807, 2.05) is 0 Å². The molecule has 5 nitrogen and oxygen atoms in total. The number of rotatable bonds is 2. The standard InChI is InChI=1S/C12H8F5N5/c1-7-6-8(11(13,14)12(15,16)17)22(19-7)10-18-9-4-2-3-5-21(9)20-10/h2-6H,1H3. The molecular formula is C12H8F5N5. The number of halogens is 5. The summed E-state index contributed by atoms with van der Waals surface area (Å²) in [5.41, 5.74) is -1.03. The highest BCUT2D eigenvalue weighted by Crippen LogP contribution is 2.44. The van der Waals surface area contributed by atoms with Crippen LogP contribution >= 0.6 is 0 Å². The van der Waals surface area contributed by atoms with Crippen molar-refractivity contribution in [3.63, 3.8) is 0 Å². The molecule has 0 N–H and O–H groups in total. The maximum Gasteiger partial charge on any atom is 0.459 e. The molecular weight excluding hydrogens is 309 g/mol. The average molecular weight is 317 g/mol. The van der Waals surface area contributed by atoms with E-state index >= 15 is 0 Å². The summed E-state index contributed by atoms with van der Waals surface area (Å²) in [5, 5.41) is 7.51. The van der Waals surface area contributed by atoms with Gasteiger partial charge in [0.1, 0.15) is 5.69 Å². The number of aromatic nitrogens is 5. The minimum absolute atomic E-state index is 0.00205. The molecule has 3 heterocycles. The summed E-state index contributed by atoms with van der Waals surface area (Å²) in [6.45, 7) is 1.31. The summed E-state index contributed by atoms with van der Waals surface area (Å²) in [6, 6.07) is 5.45. The first kappa shape index (κ1) is 14.4. The molecule has 22 heavy (non-hydrogen) atoms. The number of aryl methyl sites for hydroxylation is 1. The quantitative estimate of drug-likeness (QED) is 0.683. The Balaban J connectivity index is 2.20. The van der Waals surface area contributed by atoms with Gasteiger partial charge in [-0.2, -0.15) is 36.7 Å². The summed E-state index contributed by atoms with van der Waals surface area (Å²) < 4.78 is 66.7. The highest BCUT2D eigenvalue weighted by atomic mass is 19.4. The topological polar surface area (TPSA) is 48.0 Å². The molecule has 3 aromatic heterocycles. The summed E-state index contributed by atoms with van der Waals surface area (Å²) in [6.07, 6.45) is -4.25. The molecule has 0 atom stereocenters. The summed E-state index contributed by atoms with van der Waals surface area (Å²) in [5.74, 6) is -5.43. The number of pyridine rings is 1. The Kier molecular flexibility index (Phi) is 2.94. The van der Waals surface area contributed by atoms with Crippen molar-refractivity contribution in [2.45, 2.75) is 19.0 Å². The smallest absolute Gasteiger partial charge is 0.219 e. The fourth-order valence-electron chi connectivity index (χ4n) is 1.93. The summed E-state index contributed by atoms with van der Waals surface area (Å²) >= 11 is 0. The number of hydrogen-bond acceptors (Lipinski definition) is 3. The van der Waals surface area contributed by atoms with Gasteiger partial charge in [0.15, 0.2) is 5.65 Å². The second-order valence-corrected chi connectivity index (χ2v) is 4.57. The van der Waals surface area contributed by atoms with Gasteiger partial charge in [-0.05, 0) is 25.1 Å². The first-order chi connectivity index (χ1) is 10.2. The number of fused-ring (bicyclic) bond motifs is 1. The van der Waals surface area contributed by atoms with Crippen molar-refractivity contribution in [3.8, 4) is 5.95 Å². The zero-order chi connectivity index (χ0) is 16.1. The number of nitrogens with zero attached hydrogens (tertiary/aromatic N) is 5. The molecule has 0 aliphatic rings. The third-order valence-electron chi connectivity index (χ3n) is 2.93. The van der Waals surface area contributed by atoms with Gasteiger partial charge in [-0.1, -0.05) is 6.07 Å². The van der Waals surface area contributed by atoms with Crippen molar-refractivity contribution in [2.24, 2.45) is 0 Å². The van der Waals surface area contributed by atoms with E-state index in [-0.39, 0.29) is 11.6 Å². The average Bonchev–Trinajstić information content (AvgIpc) is 3.00. The lowest BCUT2D eigenvalue weighted by Gasteiger charge is -2.19. The highest BCUT2D eigenvalue weighted by molar-refractivity contribution is 5.40. The van der Waals surface area contributed by atoms with Crippen LogP contribution in [0.4, 0.5) is 22.0 Å². The van der Waals surface area contributed by atoms with E-state index in [2.05, 4.69) is 15.2 Å². The van der Waals surface area contributed by atoms with Gasteiger partial charge in [-0.3, -0.25) is 0 Å². The van der Waals surface area contributed by atoms with E-state index < -0.39 is 17.8 Å². The van der Waals surface area contributed by atoms with Crippen molar-refractivity contribution in [1.82, 2.24) is 24.4 Å². The van der Waals surface area contributed by atoms with E-state index in [0.717, 1.165) is 0 Å². The molecule has 0 bridgehead atoms. The van der Waals surface area contributed by atoms with E-state index in [9.17, 15) is 22.0 Å². The van der Waals surface area contributed by atoms with Gasteiger partial charge in [0, 0.05) is 6.20 Å². The molecule has 0 aliphatic carbocycles. The Morgan fingerprint density at radius 1 is 1.05 bits per heavy atom. The van der Waals surface area contributed by atoms with Crippen LogP contribution in [0, 0.1) is 6.92 Å². The fraction of sp³-hybridized carbons (Fsp3) is 0.250. The molecule has 0 saturated heterocycles. The lowest BCUT2D eigenvalue weighted by atomic mass is 10.2. The van der Waals surface area contributed by atoms with Crippen molar-refractivity contribution in [1.29, 1.82) is 0 Å². The van der Waals surface area contributed by atoms with E-state index in [1.165, 1.54) is 23.7 Å². The van der Waals surface area contributed by atoms with Gasteiger partial charge < -0.3 is 0 Å². The predicted octanol–water partition coefficient (Wildman–Crippen LogP) is 2.88. The maximum absolute atomic E-state index is 13.6. The highest BCUT2D eigenvalue weighted by Gasteiger charge is 2.61. The molecule has 0 saturated carbocycles. The Hall–Kier alpha value is -2.52. The van der Waals surface area contributed by atoms with Gasteiger partial charge >= 0.3 is 12.1 Å². The summed E-state index contributed by atoms with van der Waals surface area (Å²) in [4.78, 5) is 3.90. The van der Waals surface area contributed by atoms with Crippen LogP contribution in [0.1, 0.15) is 11.4 Å². The van der Waals surface area contributed by atoms with Crippen LogP contribution in [0.3, 0.4) is 0 Å². The van der Waals surface area contributed by atoms with E-state index in [4.69, 9.17) is 0 Å². The molecule has 0 spiro atoms. The monoisotopic (exact) mass is 317 g/mol. The second kappa shape index (κ2) is 4.49. The molecule has 0 aromatic carbocycles. The first-order valence-corrected chi connectivity index (χ1v) is 6.03. The van der Waals surface area contributed by atoms with Crippen LogP contribution < -0.4 is 0 Å². The Morgan fingerprint density at radius 2 is 1.77 bits per heavy atom. The number of hydrogen-bond donors (Lipinski definition) is 0. The third kappa shape index (κ3) is 2.11. The zero-order valence-corrected chi connectivity index (χ0v) is 11.0. The van der Waals surface area contributed by atoms with Crippen LogP contribution in [0.2, 0.25) is 0 Å². The van der Waals surface area contributed by atoms with Crippen molar-refractivity contribution in [2.75, 3.05) is 0 Å². The zero-order valence-electron chi connectivity index (χ0n) is 11.0. The minimum atomic E-state index is -5.74. The number of alkyl halides is 5. The van der Waals surface area contributed by atoms with Gasteiger partial charge in [0.2, 0.25) is 0 Å². The predicted molar refractivity (Wildman–Crippen MR) is 64.8 cm³/mol. The SMILES string of the molecule is Cc1cc(C(F)(F)C(F)(F)F)n(-c2nc3ccccn3n2)n1. The van der Waals surface area contributed by atoms with Crippen LogP contribution in [-0.4, -0.2) is 30.6 Å². The van der Waals surface area contributed by atoms with Gasteiger partial charge in [-0.15, -0.1) is 5.10 Å². The molecule has 0 aliphatic heterocycles. The van der Waals surface area contributed by atoms with Crippen LogP contribution in [0.25, 0.3) is 11.6 Å². The molecule has 116 valence electrons. The fourth-order valence-corrected chi connectivity index (χ4v) is 1.93.